The van der Waals surface area contributed by atoms with Gasteiger partial charge in [0.15, 0.2) is 0 Å². The zero-order valence-electron chi connectivity index (χ0n) is 8.27. The predicted molar refractivity (Wildman–Crippen MR) is 44.2 cm³/mol. The zero-order valence-corrected chi connectivity index (χ0v) is 12.1. The summed E-state index contributed by atoms with van der Waals surface area (Å²) in [4.78, 5) is 0. The van der Waals surface area contributed by atoms with Gasteiger partial charge in [-0.3, -0.25) is 0 Å². The van der Waals surface area contributed by atoms with Gasteiger partial charge in [0.1, 0.15) is 0 Å². The average Bonchev–Trinajstić information content (AvgIpc) is 1.90. The van der Waals surface area contributed by atoms with Gasteiger partial charge in [-0.05, 0) is 27.2 Å². The molecule has 13 heavy (non-hydrogen) atoms. The summed E-state index contributed by atoms with van der Waals surface area (Å²) in [5.41, 5.74) is 0.322. The van der Waals surface area contributed by atoms with Crippen LogP contribution in [0.2, 0.25) is 0 Å². The molecule has 0 radical (unpaired) electrons. The van der Waals surface area contributed by atoms with Crippen molar-refractivity contribution < 1.29 is 45.9 Å². The van der Waals surface area contributed by atoms with Crippen LogP contribution < -0.4 is 35.4 Å². The first kappa shape index (κ1) is 19.7. The minimum absolute atomic E-state index is 0. The van der Waals surface area contributed by atoms with E-state index in [2.05, 4.69) is 31.4 Å². The van der Waals surface area contributed by atoms with Gasteiger partial charge in [0, 0.05) is 24.7 Å². The fraction of sp³-hybridized carbons (Fsp3) is 1.00. The number of hydrogen-bond donors (Lipinski definition) is 2. The Labute approximate surface area is 108 Å². The van der Waals surface area contributed by atoms with E-state index < -0.39 is 0 Å². The van der Waals surface area contributed by atoms with E-state index in [0.717, 1.165) is 13.1 Å². The molecule has 2 N–H and O–H groups in total. The molecule has 0 bridgehead atoms. The molecule has 1 rings (SSSR count). The van der Waals surface area contributed by atoms with Crippen molar-refractivity contribution in [2.24, 2.45) is 0 Å². The van der Waals surface area contributed by atoms with Crippen molar-refractivity contribution in [1.29, 1.82) is 0 Å². The Morgan fingerprint density at radius 3 is 2.23 bits per heavy atom. The summed E-state index contributed by atoms with van der Waals surface area (Å²) in [6, 6.07) is 0.657. The summed E-state index contributed by atoms with van der Waals surface area (Å²) in [6.45, 7) is 8.96. The van der Waals surface area contributed by atoms with Crippen LogP contribution in [-0.4, -0.2) is 24.7 Å². The molecule has 0 amide bonds. The minimum Gasteiger partial charge on any atom is -1.00 e. The van der Waals surface area contributed by atoms with Crippen molar-refractivity contribution in [3.8, 4) is 0 Å². The monoisotopic (exact) mass is 407 g/mol. The van der Waals surface area contributed by atoms with Crippen LogP contribution in [0.4, 0.5) is 0 Å². The molecule has 1 heterocycles. The van der Waals surface area contributed by atoms with Crippen LogP contribution in [-0.2, 0) is 21.1 Å². The van der Waals surface area contributed by atoms with Crippen molar-refractivity contribution in [3.63, 3.8) is 0 Å². The molecule has 5 heteroatoms. The Morgan fingerprint density at radius 2 is 1.69 bits per heavy atom. The van der Waals surface area contributed by atoms with Gasteiger partial charge >= 0.3 is 21.1 Å². The van der Waals surface area contributed by atoms with Gasteiger partial charge < -0.3 is 35.4 Å². The predicted octanol–water partition coefficient (Wildman–Crippen LogP) is -5.26. The molecule has 0 spiro atoms. The maximum absolute atomic E-state index is 3.49. The zero-order chi connectivity index (χ0) is 7.61. The van der Waals surface area contributed by atoms with Gasteiger partial charge in [-0.2, -0.15) is 0 Å². The van der Waals surface area contributed by atoms with Gasteiger partial charge in [-0.15, -0.1) is 0 Å². The first-order valence-corrected chi connectivity index (χ1v) is 4.08. The second-order valence-electron chi connectivity index (χ2n) is 3.87. The van der Waals surface area contributed by atoms with E-state index in [9.17, 15) is 0 Å². The molecule has 0 aromatic rings. The van der Waals surface area contributed by atoms with Gasteiger partial charge in [0.05, 0.1) is 0 Å². The molecule has 1 unspecified atom stereocenters. The average molecular weight is 408 g/mol. The molecule has 0 saturated carbocycles. The minimum atomic E-state index is 0. The summed E-state index contributed by atoms with van der Waals surface area (Å²) in [5, 5.41) is 6.93. The molecule has 0 aliphatic carbocycles. The molecule has 0 aromatic carbocycles. The SMILES string of the molecule is CC1CC(C)(C)NCCN1.[Cl-].[Cl-].[Pt+2]. The molecular weight excluding hydrogens is 390 g/mol. The molecule has 0 aromatic heterocycles. The summed E-state index contributed by atoms with van der Waals surface area (Å²) < 4.78 is 0. The second kappa shape index (κ2) is 8.49. The molecule has 1 aliphatic rings. The summed E-state index contributed by atoms with van der Waals surface area (Å²) in [5.74, 6) is 0. The molecule has 1 aliphatic heterocycles. The van der Waals surface area contributed by atoms with Gasteiger partial charge in [0.25, 0.3) is 0 Å². The Balaban J connectivity index is -0.000000333. The number of nitrogens with one attached hydrogen (secondary N) is 2. The third-order valence-electron chi connectivity index (χ3n) is 2.04. The van der Waals surface area contributed by atoms with Crippen LogP contribution in [0.5, 0.6) is 0 Å². The van der Waals surface area contributed by atoms with Crippen LogP contribution >= 0.6 is 0 Å². The first-order chi connectivity index (χ1) is 4.60. The van der Waals surface area contributed by atoms with Gasteiger partial charge in [-0.1, -0.05) is 0 Å². The molecule has 1 atom stereocenters. The van der Waals surface area contributed by atoms with Crippen molar-refractivity contribution in [3.05, 3.63) is 0 Å². The van der Waals surface area contributed by atoms with Crippen LogP contribution in [0.25, 0.3) is 0 Å². The van der Waals surface area contributed by atoms with Gasteiger partial charge in [-0.25, -0.2) is 0 Å². The van der Waals surface area contributed by atoms with E-state index in [0.29, 0.717) is 11.6 Å². The normalized spacial score (nSPS) is 25.6. The fourth-order valence-corrected chi connectivity index (χ4v) is 1.63. The Bertz CT molecular complexity index is 123. The van der Waals surface area contributed by atoms with E-state index >= 15 is 0 Å². The van der Waals surface area contributed by atoms with Crippen molar-refractivity contribution in [2.45, 2.75) is 38.8 Å². The fourth-order valence-electron chi connectivity index (χ4n) is 1.63. The van der Waals surface area contributed by atoms with Gasteiger partial charge in [0.2, 0.25) is 0 Å². The molecule has 1 fully saturated rings. The maximum Gasteiger partial charge on any atom is 2.00 e. The summed E-state index contributed by atoms with van der Waals surface area (Å²) in [6.07, 6.45) is 1.22. The van der Waals surface area contributed by atoms with E-state index in [1.54, 1.807) is 0 Å². The summed E-state index contributed by atoms with van der Waals surface area (Å²) >= 11 is 0. The Hall–Kier alpha value is 1.19. The third kappa shape index (κ3) is 8.20. The van der Waals surface area contributed by atoms with Crippen LogP contribution in [0.3, 0.4) is 0 Å². The van der Waals surface area contributed by atoms with Crippen molar-refractivity contribution in [1.82, 2.24) is 10.6 Å². The van der Waals surface area contributed by atoms with Crippen LogP contribution in [0.1, 0.15) is 27.2 Å². The number of rotatable bonds is 0. The van der Waals surface area contributed by atoms with E-state index in [-0.39, 0.29) is 45.9 Å². The van der Waals surface area contributed by atoms with Crippen LogP contribution in [0, 0.1) is 0 Å². The number of halogens is 2. The van der Waals surface area contributed by atoms with Crippen LogP contribution in [0.15, 0.2) is 0 Å². The third-order valence-corrected chi connectivity index (χ3v) is 2.04. The van der Waals surface area contributed by atoms with E-state index in [1.165, 1.54) is 6.42 Å². The van der Waals surface area contributed by atoms with Crippen molar-refractivity contribution >= 4 is 0 Å². The topological polar surface area (TPSA) is 24.1 Å². The molecule has 84 valence electrons. The van der Waals surface area contributed by atoms with Crippen molar-refractivity contribution in [2.75, 3.05) is 13.1 Å². The van der Waals surface area contributed by atoms with E-state index in [4.69, 9.17) is 0 Å². The molecular formula is C8H18Cl2N2Pt. The standard InChI is InChI=1S/C8H18N2.2ClH.Pt/c1-7-6-8(2,3)10-5-4-9-7;;;/h7,9-10H,4-6H2,1-3H3;2*1H;/q;;;+2/p-2. The maximum atomic E-state index is 3.49. The Morgan fingerprint density at radius 1 is 1.15 bits per heavy atom. The van der Waals surface area contributed by atoms with E-state index in [1.807, 2.05) is 0 Å². The quantitative estimate of drug-likeness (QED) is 0.419. The smallest absolute Gasteiger partial charge is 1.00 e. The molecule has 1 saturated heterocycles. The number of hydrogen-bond acceptors (Lipinski definition) is 2. The largest absolute Gasteiger partial charge is 2.00 e. The first-order valence-electron chi connectivity index (χ1n) is 4.08. The molecule has 2 nitrogen and oxygen atoms in total. The Kier molecular flexibility index (Phi) is 12.9. The second-order valence-corrected chi connectivity index (χ2v) is 3.87. The summed E-state index contributed by atoms with van der Waals surface area (Å²) in [7, 11) is 0.